The maximum atomic E-state index is 12.7. The number of hydrogen-bond acceptors (Lipinski definition) is 5. The second kappa shape index (κ2) is 7.66. The summed E-state index contributed by atoms with van der Waals surface area (Å²) < 4.78 is 3.44. The zero-order valence-electron chi connectivity index (χ0n) is 16.3. The highest BCUT2D eigenvalue weighted by molar-refractivity contribution is 7.20. The number of fused-ring (bicyclic) bond motifs is 1. The minimum atomic E-state index is -0.177. The molecule has 1 amide bonds. The molecule has 0 aliphatic carbocycles. The normalized spacial score (nSPS) is 11.7. The number of hydrogen-bond donors (Lipinski definition) is 1. The van der Waals surface area contributed by atoms with Crippen LogP contribution < -0.4 is 10.9 Å². The lowest BCUT2D eigenvalue weighted by Crippen LogP contribution is -2.26. The van der Waals surface area contributed by atoms with Crippen molar-refractivity contribution >= 4 is 33.1 Å². The van der Waals surface area contributed by atoms with E-state index in [1.807, 2.05) is 36.8 Å². The minimum Gasteiger partial charge on any atom is -0.320 e. The number of carbonyl (C=O) groups is 1. The van der Waals surface area contributed by atoms with Crippen LogP contribution in [0.25, 0.3) is 10.2 Å². The summed E-state index contributed by atoms with van der Waals surface area (Å²) in [5.41, 5.74) is 1.53. The van der Waals surface area contributed by atoms with E-state index in [1.54, 1.807) is 16.8 Å². The summed E-state index contributed by atoms with van der Waals surface area (Å²) in [7, 11) is 5.81. The van der Waals surface area contributed by atoms with Gasteiger partial charge in [0.05, 0.1) is 16.3 Å². The first-order valence-corrected chi connectivity index (χ1v) is 9.71. The van der Waals surface area contributed by atoms with E-state index < -0.39 is 0 Å². The Balaban J connectivity index is 1.83. The van der Waals surface area contributed by atoms with E-state index in [0.717, 1.165) is 22.5 Å². The number of rotatable bonds is 6. The van der Waals surface area contributed by atoms with E-state index in [2.05, 4.69) is 24.3 Å². The molecule has 0 radical (unpaired) electrons. The van der Waals surface area contributed by atoms with Crippen LogP contribution in [0, 0.1) is 0 Å². The molecule has 8 heteroatoms. The largest absolute Gasteiger partial charge is 0.320 e. The van der Waals surface area contributed by atoms with Gasteiger partial charge in [0.15, 0.2) is 0 Å². The van der Waals surface area contributed by atoms with Gasteiger partial charge in [0.1, 0.15) is 4.83 Å². The summed E-state index contributed by atoms with van der Waals surface area (Å²) in [6.45, 7) is 5.51. The van der Waals surface area contributed by atoms with Gasteiger partial charge in [0.25, 0.3) is 11.5 Å². The van der Waals surface area contributed by atoms with Crippen LogP contribution in [0.4, 0.5) is 5.69 Å². The number of carbonyl (C=O) groups excluding carboxylic acids is 1. The van der Waals surface area contributed by atoms with E-state index in [-0.39, 0.29) is 11.5 Å². The molecule has 0 saturated carbocycles. The lowest BCUT2D eigenvalue weighted by molar-refractivity contribution is 0.103. The molecule has 27 heavy (non-hydrogen) atoms. The van der Waals surface area contributed by atoms with Crippen LogP contribution in [-0.2, 0) is 13.6 Å². The molecule has 0 aliphatic rings. The van der Waals surface area contributed by atoms with Crippen LogP contribution >= 0.6 is 11.3 Å². The SMILES string of the molecule is CC(C)c1nn(C)c2sc(C(=O)Nc3ccc(=O)n(CCN(C)C)c3)cc12. The zero-order chi connectivity index (χ0) is 19.7. The van der Waals surface area contributed by atoms with Crippen molar-refractivity contribution in [1.82, 2.24) is 19.2 Å². The number of pyridine rings is 1. The third-order valence-corrected chi connectivity index (χ3v) is 5.54. The number of thiophene rings is 1. The van der Waals surface area contributed by atoms with Gasteiger partial charge in [-0.25, -0.2) is 0 Å². The van der Waals surface area contributed by atoms with Crippen LogP contribution in [0.2, 0.25) is 0 Å². The second-order valence-electron chi connectivity index (χ2n) is 7.20. The van der Waals surface area contributed by atoms with Crippen molar-refractivity contribution in [2.24, 2.45) is 7.05 Å². The number of amides is 1. The average Bonchev–Trinajstić information content (AvgIpc) is 3.16. The van der Waals surface area contributed by atoms with Crippen molar-refractivity contribution in [3.05, 3.63) is 45.3 Å². The molecule has 0 spiro atoms. The topological polar surface area (TPSA) is 72.2 Å². The van der Waals surface area contributed by atoms with Gasteiger partial charge in [-0.1, -0.05) is 13.8 Å². The molecule has 3 aromatic rings. The summed E-state index contributed by atoms with van der Waals surface area (Å²) in [6.07, 6.45) is 1.69. The summed E-state index contributed by atoms with van der Waals surface area (Å²) in [4.78, 5) is 28.3. The van der Waals surface area contributed by atoms with E-state index in [1.165, 1.54) is 17.4 Å². The number of aromatic nitrogens is 3. The fourth-order valence-electron chi connectivity index (χ4n) is 2.89. The van der Waals surface area contributed by atoms with E-state index >= 15 is 0 Å². The molecule has 144 valence electrons. The van der Waals surface area contributed by atoms with Gasteiger partial charge in [-0.2, -0.15) is 5.10 Å². The smallest absolute Gasteiger partial charge is 0.265 e. The second-order valence-corrected chi connectivity index (χ2v) is 8.23. The molecule has 0 aliphatic heterocycles. The third-order valence-electron chi connectivity index (χ3n) is 4.34. The van der Waals surface area contributed by atoms with Crippen LogP contribution in [0.5, 0.6) is 0 Å². The van der Waals surface area contributed by atoms with Gasteiger partial charge in [0.2, 0.25) is 0 Å². The molecule has 0 fully saturated rings. The summed E-state index contributed by atoms with van der Waals surface area (Å²) in [5.74, 6) is 0.114. The summed E-state index contributed by atoms with van der Waals surface area (Å²) in [5, 5.41) is 8.47. The van der Waals surface area contributed by atoms with Crippen LogP contribution in [0.15, 0.2) is 29.2 Å². The molecule has 0 atom stereocenters. The maximum Gasteiger partial charge on any atom is 0.265 e. The highest BCUT2D eigenvalue weighted by atomic mass is 32.1. The van der Waals surface area contributed by atoms with E-state index in [0.29, 0.717) is 23.0 Å². The molecule has 0 unspecified atom stereocenters. The molecular formula is C19H25N5O2S. The highest BCUT2D eigenvalue weighted by Crippen LogP contribution is 2.31. The Bertz CT molecular complexity index is 1030. The molecule has 0 saturated heterocycles. The first kappa shape index (κ1) is 19.3. The quantitative estimate of drug-likeness (QED) is 0.706. The third kappa shape index (κ3) is 4.12. The maximum absolute atomic E-state index is 12.7. The molecule has 3 aromatic heterocycles. The van der Waals surface area contributed by atoms with Gasteiger partial charge in [-0.05, 0) is 32.1 Å². The van der Waals surface area contributed by atoms with Gasteiger partial charge in [-0.3, -0.25) is 14.3 Å². The Morgan fingerprint density at radius 1 is 1.33 bits per heavy atom. The number of nitrogens with one attached hydrogen (secondary N) is 1. The molecule has 3 rings (SSSR count). The Hall–Kier alpha value is -2.45. The van der Waals surface area contributed by atoms with Crippen LogP contribution in [0.1, 0.15) is 35.1 Å². The zero-order valence-corrected chi connectivity index (χ0v) is 17.1. The highest BCUT2D eigenvalue weighted by Gasteiger charge is 2.18. The molecule has 1 N–H and O–H groups in total. The molecule has 0 aromatic carbocycles. The molecule has 3 heterocycles. The number of aryl methyl sites for hydroxylation is 1. The lowest BCUT2D eigenvalue weighted by Gasteiger charge is -2.12. The Kier molecular flexibility index (Phi) is 5.48. The number of likely N-dealkylation sites (N-methyl/N-ethyl adjacent to an activating group) is 1. The standard InChI is InChI=1S/C19H25N5O2S/c1-12(2)17-14-10-15(27-19(14)23(5)21-17)18(26)20-13-6-7-16(25)24(11-13)9-8-22(3)4/h6-7,10-12H,8-9H2,1-5H3,(H,20,26). The van der Waals surface area contributed by atoms with E-state index in [9.17, 15) is 9.59 Å². The lowest BCUT2D eigenvalue weighted by atomic mass is 10.1. The summed E-state index contributed by atoms with van der Waals surface area (Å²) >= 11 is 1.42. The molecular weight excluding hydrogens is 362 g/mol. The predicted octanol–water partition coefficient (Wildman–Crippen LogP) is 2.73. The van der Waals surface area contributed by atoms with E-state index in [4.69, 9.17) is 0 Å². The van der Waals surface area contributed by atoms with Crippen molar-refractivity contribution in [3.63, 3.8) is 0 Å². The van der Waals surface area contributed by atoms with Gasteiger partial charge < -0.3 is 14.8 Å². The minimum absolute atomic E-state index is 0.0793. The number of anilines is 1. The Morgan fingerprint density at radius 3 is 2.74 bits per heavy atom. The van der Waals surface area contributed by atoms with Crippen molar-refractivity contribution in [2.45, 2.75) is 26.3 Å². The monoisotopic (exact) mass is 387 g/mol. The summed E-state index contributed by atoms with van der Waals surface area (Å²) in [6, 6.07) is 5.03. The molecule has 7 nitrogen and oxygen atoms in total. The van der Waals surface area contributed by atoms with Crippen molar-refractivity contribution in [2.75, 3.05) is 26.0 Å². The average molecular weight is 388 g/mol. The van der Waals surface area contributed by atoms with Crippen LogP contribution in [0.3, 0.4) is 0 Å². The fourth-order valence-corrected chi connectivity index (χ4v) is 3.86. The van der Waals surface area contributed by atoms with Gasteiger partial charge in [0, 0.05) is 37.8 Å². The van der Waals surface area contributed by atoms with Crippen molar-refractivity contribution in [3.8, 4) is 0 Å². The Labute approximate surface area is 162 Å². The van der Waals surface area contributed by atoms with Crippen molar-refractivity contribution < 1.29 is 4.79 Å². The first-order chi connectivity index (χ1) is 12.8. The number of nitrogens with zero attached hydrogens (tertiary/aromatic N) is 4. The van der Waals surface area contributed by atoms with Gasteiger partial charge >= 0.3 is 0 Å². The van der Waals surface area contributed by atoms with Crippen molar-refractivity contribution in [1.29, 1.82) is 0 Å². The first-order valence-electron chi connectivity index (χ1n) is 8.89. The predicted molar refractivity (Wildman–Crippen MR) is 110 cm³/mol. The van der Waals surface area contributed by atoms with Gasteiger partial charge in [-0.15, -0.1) is 11.3 Å². The Morgan fingerprint density at radius 2 is 2.07 bits per heavy atom. The fraction of sp³-hybridized carbons (Fsp3) is 0.421. The molecule has 0 bridgehead atoms. The van der Waals surface area contributed by atoms with Crippen LogP contribution in [-0.4, -0.2) is 45.8 Å².